The topological polar surface area (TPSA) is 85.4 Å². The summed E-state index contributed by atoms with van der Waals surface area (Å²) in [5.41, 5.74) is 16.0. The molecule has 0 unspecified atom stereocenters. The molecule has 5 rings (SSSR count). The lowest BCUT2D eigenvalue weighted by atomic mass is 9.96. The number of nitrogens with zero attached hydrogens (tertiary/aromatic N) is 4. The van der Waals surface area contributed by atoms with Crippen LogP contribution in [0.25, 0.3) is 22.5 Å². The van der Waals surface area contributed by atoms with Gasteiger partial charge in [-0.1, -0.05) is 60.8 Å². The quantitative estimate of drug-likeness (QED) is 0.358. The van der Waals surface area contributed by atoms with Gasteiger partial charge >= 0.3 is 0 Å². The molecule has 0 bridgehead atoms. The van der Waals surface area contributed by atoms with Gasteiger partial charge in [-0.3, -0.25) is 10.1 Å². The Hall–Kier alpha value is -4.29. The maximum absolute atomic E-state index is 5.79. The average molecular weight is 517 g/mol. The maximum atomic E-state index is 5.79. The Labute approximate surface area is 230 Å². The Bertz CT molecular complexity index is 1550. The minimum Gasteiger partial charge on any atom is -0.334 e. The van der Waals surface area contributed by atoms with Gasteiger partial charge in [0, 0.05) is 36.6 Å². The SMILES string of the molecule is C=C1\C=C/C(c2c[nH]nc2-c2cccc(C)n2)=C/C=C/C1=C/C(=C\C)c1cn2c(n1)CC/C(CCN)=C/CC2. The molecule has 3 aromatic rings. The molecule has 3 N–H and O–H groups in total. The number of nitrogens with two attached hydrogens (primary N) is 1. The van der Waals surface area contributed by atoms with E-state index in [1.54, 1.807) is 0 Å². The predicted molar refractivity (Wildman–Crippen MR) is 161 cm³/mol. The molecule has 3 aromatic heterocycles. The second-order valence-corrected chi connectivity index (χ2v) is 9.92. The van der Waals surface area contributed by atoms with Gasteiger partial charge in [0.2, 0.25) is 0 Å². The highest BCUT2D eigenvalue weighted by molar-refractivity contribution is 5.84. The van der Waals surface area contributed by atoms with Gasteiger partial charge in [0.15, 0.2) is 0 Å². The molecule has 0 saturated carbocycles. The van der Waals surface area contributed by atoms with Gasteiger partial charge in [0.1, 0.15) is 11.5 Å². The number of aromatic nitrogens is 5. The predicted octanol–water partition coefficient (Wildman–Crippen LogP) is 6.68. The number of allylic oxidation sites excluding steroid dienone is 12. The van der Waals surface area contributed by atoms with Crippen molar-refractivity contribution in [2.24, 2.45) is 5.73 Å². The average Bonchev–Trinajstić information content (AvgIpc) is 3.56. The van der Waals surface area contributed by atoms with Crippen LogP contribution in [-0.2, 0) is 13.0 Å². The van der Waals surface area contributed by atoms with Crippen molar-refractivity contribution in [1.29, 1.82) is 0 Å². The second kappa shape index (κ2) is 12.0. The van der Waals surface area contributed by atoms with Crippen molar-refractivity contribution >= 4 is 11.1 Å². The second-order valence-electron chi connectivity index (χ2n) is 9.92. The third-order valence-corrected chi connectivity index (χ3v) is 7.18. The van der Waals surface area contributed by atoms with Crippen LogP contribution in [0.5, 0.6) is 0 Å². The lowest BCUT2D eigenvalue weighted by Crippen LogP contribution is -2.08. The van der Waals surface area contributed by atoms with E-state index in [0.717, 1.165) is 88.7 Å². The zero-order valence-corrected chi connectivity index (χ0v) is 22.8. The number of aryl methyl sites for hydroxylation is 3. The summed E-state index contributed by atoms with van der Waals surface area (Å²) in [6, 6.07) is 5.98. The van der Waals surface area contributed by atoms with Crippen molar-refractivity contribution in [2.75, 3.05) is 6.54 Å². The molecular formula is C33H36N6. The van der Waals surface area contributed by atoms with Crippen LogP contribution in [-0.4, -0.2) is 31.3 Å². The van der Waals surface area contributed by atoms with Gasteiger partial charge in [0.05, 0.1) is 11.4 Å². The summed E-state index contributed by atoms with van der Waals surface area (Å²) in [4.78, 5) is 9.69. The molecule has 198 valence electrons. The monoisotopic (exact) mass is 516 g/mol. The number of aromatic amines is 1. The van der Waals surface area contributed by atoms with E-state index in [9.17, 15) is 0 Å². The number of imidazole rings is 1. The summed E-state index contributed by atoms with van der Waals surface area (Å²) in [6.07, 6.45) is 25.1. The molecule has 0 amide bonds. The number of pyridine rings is 1. The molecular weight excluding hydrogens is 480 g/mol. The number of H-pyrrole nitrogens is 1. The molecule has 1 aliphatic heterocycles. The first-order valence-electron chi connectivity index (χ1n) is 13.6. The first kappa shape index (κ1) is 26.3. The zero-order valence-electron chi connectivity index (χ0n) is 22.8. The van der Waals surface area contributed by atoms with Crippen LogP contribution in [0.15, 0.2) is 102 Å². The molecule has 39 heavy (non-hydrogen) atoms. The van der Waals surface area contributed by atoms with Gasteiger partial charge in [-0.2, -0.15) is 5.10 Å². The molecule has 6 nitrogen and oxygen atoms in total. The molecule has 0 spiro atoms. The summed E-state index contributed by atoms with van der Waals surface area (Å²) in [5, 5.41) is 7.49. The van der Waals surface area contributed by atoms with Crippen molar-refractivity contribution in [3.8, 4) is 11.4 Å². The van der Waals surface area contributed by atoms with Crippen LogP contribution < -0.4 is 5.73 Å². The molecule has 0 aromatic carbocycles. The minimum absolute atomic E-state index is 0.706. The number of rotatable bonds is 6. The summed E-state index contributed by atoms with van der Waals surface area (Å²) < 4.78 is 2.30. The van der Waals surface area contributed by atoms with Crippen LogP contribution in [0.1, 0.15) is 49.0 Å². The van der Waals surface area contributed by atoms with E-state index in [2.05, 4.69) is 88.1 Å². The summed E-state index contributed by atoms with van der Waals surface area (Å²) in [7, 11) is 0. The van der Waals surface area contributed by atoms with Crippen molar-refractivity contribution in [1.82, 2.24) is 24.7 Å². The third-order valence-electron chi connectivity index (χ3n) is 7.18. The highest BCUT2D eigenvalue weighted by Gasteiger charge is 2.15. The van der Waals surface area contributed by atoms with Crippen LogP contribution in [0, 0.1) is 6.92 Å². The highest BCUT2D eigenvalue weighted by atomic mass is 15.1. The van der Waals surface area contributed by atoms with E-state index in [4.69, 9.17) is 10.7 Å². The van der Waals surface area contributed by atoms with E-state index in [0.29, 0.717) is 6.54 Å². The molecule has 4 heterocycles. The molecule has 1 aliphatic carbocycles. The van der Waals surface area contributed by atoms with Crippen LogP contribution in [0.2, 0.25) is 0 Å². The van der Waals surface area contributed by atoms with Crippen molar-refractivity contribution in [3.05, 3.63) is 125 Å². The molecule has 0 atom stereocenters. The van der Waals surface area contributed by atoms with E-state index < -0.39 is 0 Å². The number of hydrogen-bond donors (Lipinski definition) is 2. The largest absolute Gasteiger partial charge is 0.334 e. The van der Waals surface area contributed by atoms with Crippen LogP contribution >= 0.6 is 0 Å². The molecule has 0 saturated heterocycles. The normalized spacial score (nSPS) is 21.6. The molecule has 0 fully saturated rings. The fourth-order valence-electron chi connectivity index (χ4n) is 5.06. The van der Waals surface area contributed by atoms with E-state index in [1.807, 2.05) is 31.3 Å². The van der Waals surface area contributed by atoms with Crippen molar-refractivity contribution in [3.63, 3.8) is 0 Å². The van der Waals surface area contributed by atoms with E-state index >= 15 is 0 Å². The smallest absolute Gasteiger partial charge is 0.118 e. The van der Waals surface area contributed by atoms with Crippen molar-refractivity contribution < 1.29 is 0 Å². The molecule has 0 radical (unpaired) electrons. The first-order chi connectivity index (χ1) is 19.1. The standard InChI is InChI=1S/C33H36N6/c1-4-26(31-22-39-19-7-9-25(17-18-34)14-16-32(39)37-31)20-28-11-6-10-27(15-13-23(28)2)29-21-35-38-33(29)30-12-5-8-24(3)36-30/h4-6,8-13,15,20-22H,2,7,14,16-19,34H2,1,3H3,(H,35,38)/b11-6+,15-13-,25-9-,26-4+,27-10-,28-20-. The number of fused-ring (bicyclic) bond motifs is 1. The minimum atomic E-state index is 0.706. The number of nitrogens with one attached hydrogen (secondary N) is 1. The van der Waals surface area contributed by atoms with Gasteiger partial charge in [-0.05, 0) is 80.2 Å². The van der Waals surface area contributed by atoms with Crippen molar-refractivity contribution in [2.45, 2.75) is 46.1 Å². The Balaban J connectivity index is 1.39. The molecule has 6 heteroatoms. The van der Waals surface area contributed by atoms with Gasteiger partial charge in [0.25, 0.3) is 0 Å². The van der Waals surface area contributed by atoms with Crippen LogP contribution in [0.4, 0.5) is 0 Å². The summed E-state index contributed by atoms with van der Waals surface area (Å²) in [6.45, 7) is 10.1. The van der Waals surface area contributed by atoms with Crippen LogP contribution in [0.3, 0.4) is 0 Å². The zero-order chi connectivity index (χ0) is 27.2. The Kier molecular flexibility index (Phi) is 8.13. The van der Waals surface area contributed by atoms with Gasteiger partial charge < -0.3 is 10.3 Å². The summed E-state index contributed by atoms with van der Waals surface area (Å²) >= 11 is 0. The lowest BCUT2D eigenvalue weighted by molar-refractivity contribution is 0.629. The lowest BCUT2D eigenvalue weighted by Gasteiger charge is -2.12. The first-order valence-corrected chi connectivity index (χ1v) is 13.6. The third kappa shape index (κ3) is 6.07. The number of hydrogen-bond acceptors (Lipinski definition) is 4. The Morgan fingerprint density at radius 1 is 1.18 bits per heavy atom. The fourth-order valence-corrected chi connectivity index (χ4v) is 5.06. The summed E-state index contributed by atoms with van der Waals surface area (Å²) in [5.74, 6) is 1.14. The maximum Gasteiger partial charge on any atom is 0.118 e. The van der Waals surface area contributed by atoms with Gasteiger partial charge in [-0.15, -0.1) is 0 Å². The Morgan fingerprint density at radius 2 is 2.08 bits per heavy atom. The molecule has 2 aliphatic rings. The van der Waals surface area contributed by atoms with E-state index in [1.165, 1.54) is 5.57 Å². The van der Waals surface area contributed by atoms with E-state index in [-0.39, 0.29) is 0 Å². The fraction of sp³-hybridized carbons (Fsp3) is 0.242. The van der Waals surface area contributed by atoms with Gasteiger partial charge in [-0.25, -0.2) is 4.98 Å². The Morgan fingerprint density at radius 3 is 2.90 bits per heavy atom. The highest BCUT2D eigenvalue weighted by Crippen LogP contribution is 2.30.